The van der Waals surface area contributed by atoms with Crippen LogP contribution in [0.25, 0.3) is 0 Å². The van der Waals surface area contributed by atoms with Gasteiger partial charge in [0.1, 0.15) is 5.75 Å². The van der Waals surface area contributed by atoms with Gasteiger partial charge in [-0.15, -0.1) is 0 Å². The van der Waals surface area contributed by atoms with Crippen LogP contribution in [0.15, 0.2) is 16.6 Å². The highest BCUT2D eigenvalue weighted by atomic mass is 79.9. The Morgan fingerprint density at radius 1 is 1.46 bits per heavy atom. The molecule has 0 fully saturated rings. The fourth-order valence-electron chi connectivity index (χ4n) is 1.25. The third kappa shape index (κ3) is 2.45. The highest BCUT2D eigenvalue weighted by Crippen LogP contribution is 2.29. The molecular weight excluding hydrogens is 230 g/mol. The maximum atomic E-state index is 9.66. The maximum Gasteiger partial charge on any atom is 0.134 e. The van der Waals surface area contributed by atoms with E-state index >= 15 is 0 Å². The summed E-state index contributed by atoms with van der Waals surface area (Å²) in [5.74, 6) is 0.339. The van der Waals surface area contributed by atoms with Crippen molar-refractivity contribution in [2.75, 3.05) is 7.05 Å². The molecular formula is C10H14BrNO. The average Bonchev–Trinajstić information content (AvgIpc) is 2.13. The number of phenolic OH excluding ortho intramolecular Hbond substituents is 1. The fraction of sp³-hybridized carbons (Fsp3) is 0.400. The zero-order valence-electron chi connectivity index (χ0n) is 7.89. The lowest BCUT2D eigenvalue weighted by atomic mass is 10.1. The molecule has 1 aromatic rings. The Bertz CT molecular complexity index is 299. The molecule has 0 aliphatic heterocycles. The van der Waals surface area contributed by atoms with Gasteiger partial charge in [-0.25, -0.2) is 0 Å². The molecule has 0 atom stereocenters. The Morgan fingerprint density at radius 3 is 2.69 bits per heavy atom. The van der Waals surface area contributed by atoms with Crippen molar-refractivity contribution in [3.63, 3.8) is 0 Å². The van der Waals surface area contributed by atoms with E-state index in [9.17, 15) is 5.11 Å². The summed E-state index contributed by atoms with van der Waals surface area (Å²) >= 11 is 3.33. The van der Waals surface area contributed by atoms with Crippen molar-refractivity contribution in [2.24, 2.45) is 0 Å². The number of phenols is 1. The number of hydrogen-bond acceptors (Lipinski definition) is 2. The molecule has 0 aliphatic carbocycles. The molecule has 2 N–H and O–H groups in total. The zero-order chi connectivity index (χ0) is 9.84. The number of nitrogens with one attached hydrogen (secondary N) is 1. The van der Waals surface area contributed by atoms with Crippen molar-refractivity contribution in [1.29, 1.82) is 0 Å². The van der Waals surface area contributed by atoms with E-state index in [1.807, 2.05) is 19.2 Å². The van der Waals surface area contributed by atoms with Crippen LogP contribution in [0.1, 0.15) is 18.1 Å². The number of benzene rings is 1. The zero-order valence-corrected chi connectivity index (χ0v) is 9.48. The van der Waals surface area contributed by atoms with E-state index in [2.05, 4.69) is 28.2 Å². The Kier molecular flexibility index (Phi) is 3.75. The minimum Gasteiger partial charge on any atom is -0.506 e. The van der Waals surface area contributed by atoms with E-state index in [1.54, 1.807) is 0 Å². The molecule has 0 bridgehead atoms. The van der Waals surface area contributed by atoms with Crippen molar-refractivity contribution in [2.45, 2.75) is 19.9 Å². The van der Waals surface area contributed by atoms with Crippen LogP contribution < -0.4 is 5.32 Å². The van der Waals surface area contributed by atoms with Crippen LogP contribution in [0.3, 0.4) is 0 Å². The van der Waals surface area contributed by atoms with Crippen LogP contribution in [-0.2, 0) is 13.0 Å². The number of halogens is 1. The fourth-order valence-corrected chi connectivity index (χ4v) is 1.80. The van der Waals surface area contributed by atoms with Gasteiger partial charge in [-0.2, -0.15) is 0 Å². The predicted molar refractivity (Wildman–Crippen MR) is 57.9 cm³/mol. The van der Waals surface area contributed by atoms with E-state index in [-0.39, 0.29) is 0 Å². The van der Waals surface area contributed by atoms with Gasteiger partial charge in [0.2, 0.25) is 0 Å². The molecule has 0 saturated heterocycles. The van der Waals surface area contributed by atoms with E-state index in [4.69, 9.17) is 0 Å². The van der Waals surface area contributed by atoms with Gasteiger partial charge in [0, 0.05) is 12.1 Å². The summed E-state index contributed by atoms with van der Waals surface area (Å²) in [5.41, 5.74) is 2.17. The summed E-state index contributed by atoms with van der Waals surface area (Å²) in [7, 11) is 1.87. The minimum atomic E-state index is 0.339. The molecule has 0 saturated carbocycles. The molecule has 72 valence electrons. The van der Waals surface area contributed by atoms with Crippen molar-refractivity contribution in [1.82, 2.24) is 5.32 Å². The van der Waals surface area contributed by atoms with Crippen LogP contribution in [0.2, 0.25) is 0 Å². The predicted octanol–water partition coefficient (Wildman–Crippen LogP) is 2.44. The Labute approximate surface area is 87.1 Å². The van der Waals surface area contributed by atoms with Gasteiger partial charge < -0.3 is 10.4 Å². The van der Waals surface area contributed by atoms with Crippen molar-refractivity contribution >= 4 is 15.9 Å². The molecule has 1 aromatic carbocycles. The first-order chi connectivity index (χ1) is 6.19. The van der Waals surface area contributed by atoms with E-state index in [0.29, 0.717) is 12.3 Å². The summed E-state index contributed by atoms with van der Waals surface area (Å²) < 4.78 is 0.775. The summed E-state index contributed by atoms with van der Waals surface area (Å²) in [6, 6.07) is 3.98. The summed E-state index contributed by atoms with van der Waals surface area (Å²) in [5, 5.41) is 12.7. The topological polar surface area (TPSA) is 32.3 Å². The Balaban J connectivity index is 3.09. The Hall–Kier alpha value is -0.540. The normalized spacial score (nSPS) is 10.4. The molecule has 0 aliphatic rings. The van der Waals surface area contributed by atoms with Crippen molar-refractivity contribution < 1.29 is 5.11 Å². The van der Waals surface area contributed by atoms with Crippen molar-refractivity contribution in [3.8, 4) is 5.75 Å². The number of aryl methyl sites for hydroxylation is 1. The number of hydrogen-bond donors (Lipinski definition) is 2. The first-order valence-corrected chi connectivity index (χ1v) is 5.13. The van der Waals surface area contributed by atoms with Gasteiger partial charge in [0.15, 0.2) is 0 Å². The van der Waals surface area contributed by atoms with Gasteiger partial charge in [-0.3, -0.25) is 0 Å². The second-order valence-electron chi connectivity index (χ2n) is 2.97. The smallest absolute Gasteiger partial charge is 0.134 e. The van der Waals surface area contributed by atoms with Gasteiger partial charge in [-0.1, -0.05) is 13.0 Å². The summed E-state index contributed by atoms with van der Waals surface area (Å²) in [6.45, 7) is 2.79. The molecule has 3 heteroatoms. The second kappa shape index (κ2) is 4.63. The van der Waals surface area contributed by atoms with Crippen LogP contribution in [-0.4, -0.2) is 12.2 Å². The summed E-state index contributed by atoms with van der Waals surface area (Å²) in [4.78, 5) is 0. The van der Waals surface area contributed by atoms with E-state index in [1.165, 1.54) is 5.56 Å². The lowest BCUT2D eigenvalue weighted by molar-refractivity contribution is 0.462. The number of aromatic hydroxyl groups is 1. The Morgan fingerprint density at radius 2 is 2.15 bits per heavy atom. The average molecular weight is 244 g/mol. The lowest BCUT2D eigenvalue weighted by Gasteiger charge is -2.08. The quantitative estimate of drug-likeness (QED) is 0.855. The second-order valence-corrected chi connectivity index (χ2v) is 3.82. The van der Waals surface area contributed by atoms with Crippen LogP contribution in [0.4, 0.5) is 0 Å². The molecule has 0 spiro atoms. The van der Waals surface area contributed by atoms with E-state index in [0.717, 1.165) is 16.5 Å². The SMILES string of the molecule is CCc1cc(Br)c(O)c(CNC)c1. The largest absolute Gasteiger partial charge is 0.506 e. The molecule has 2 nitrogen and oxygen atoms in total. The van der Waals surface area contributed by atoms with Gasteiger partial charge >= 0.3 is 0 Å². The summed E-state index contributed by atoms with van der Waals surface area (Å²) in [6.07, 6.45) is 0.982. The third-order valence-electron chi connectivity index (χ3n) is 1.98. The number of rotatable bonds is 3. The lowest BCUT2D eigenvalue weighted by Crippen LogP contribution is -2.05. The van der Waals surface area contributed by atoms with Gasteiger partial charge in [-0.05, 0) is 41.0 Å². The van der Waals surface area contributed by atoms with Gasteiger partial charge in [0.25, 0.3) is 0 Å². The minimum absolute atomic E-state index is 0.339. The monoisotopic (exact) mass is 243 g/mol. The molecule has 0 amide bonds. The van der Waals surface area contributed by atoms with Crippen LogP contribution in [0, 0.1) is 0 Å². The first-order valence-electron chi connectivity index (χ1n) is 4.34. The highest BCUT2D eigenvalue weighted by Gasteiger charge is 2.06. The molecule has 0 heterocycles. The molecule has 0 unspecified atom stereocenters. The molecule has 13 heavy (non-hydrogen) atoms. The molecule has 0 aromatic heterocycles. The molecule has 0 radical (unpaired) electrons. The maximum absolute atomic E-state index is 9.66. The molecule has 1 rings (SSSR count). The first kappa shape index (κ1) is 10.5. The highest BCUT2D eigenvalue weighted by molar-refractivity contribution is 9.10. The van der Waals surface area contributed by atoms with Gasteiger partial charge in [0.05, 0.1) is 4.47 Å². The standard InChI is InChI=1S/C10H14BrNO/c1-3-7-4-8(6-12-2)10(13)9(11)5-7/h4-5,12-13H,3,6H2,1-2H3. The van der Waals surface area contributed by atoms with Crippen LogP contribution in [0.5, 0.6) is 5.75 Å². The van der Waals surface area contributed by atoms with Crippen LogP contribution >= 0.6 is 15.9 Å². The third-order valence-corrected chi connectivity index (χ3v) is 2.58. The van der Waals surface area contributed by atoms with E-state index < -0.39 is 0 Å². The van der Waals surface area contributed by atoms with Crippen molar-refractivity contribution in [3.05, 3.63) is 27.7 Å².